The van der Waals surface area contributed by atoms with Crippen molar-refractivity contribution in [2.45, 2.75) is 32.9 Å². The molecule has 0 fully saturated rings. The maximum atomic E-state index is 12.6. The van der Waals surface area contributed by atoms with Crippen LogP contribution >= 0.6 is 0 Å². The van der Waals surface area contributed by atoms with Crippen LogP contribution in [0.15, 0.2) is 47.3 Å². The highest BCUT2D eigenvalue weighted by molar-refractivity contribution is 5.94. The van der Waals surface area contributed by atoms with E-state index in [4.69, 9.17) is 0 Å². The molecule has 0 unspecified atom stereocenters. The van der Waals surface area contributed by atoms with E-state index in [9.17, 15) is 9.59 Å². The highest BCUT2D eigenvalue weighted by Gasteiger charge is 2.16. The molecule has 6 heteroatoms. The summed E-state index contributed by atoms with van der Waals surface area (Å²) in [5.74, 6) is 0.710. The van der Waals surface area contributed by atoms with Gasteiger partial charge in [0.05, 0.1) is 17.4 Å². The average Bonchev–Trinajstić information content (AvgIpc) is 3.13. The van der Waals surface area contributed by atoms with E-state index >= 15 is 0 Å². The summed E-state index contributed by atoms with van der Waals surface area (Å²) in [7, 11) is 0. The van der Waals surface area contributed by atoms with Gasteiger partial charge < -0.3 is 10.6 Å². The van der Waals surface area contributed by atoms with E-state index < -0.39 is 0 Å². The number of aryl methyl sites for hydroxylation is 2. The van der Waals surface area contributed by atoms with Crippen molar-refractivity contribution in [2.24, 2.45) is 0 Å². The van der Waals surface area contributed by atoms with Crippen molar-refractivity contribution in [1.82, 2.24) is 14.9 Å². The molecule has 27 heavy (non-hydrogen) atoms. The first-order chi connectivity index (χ1) is 13.1. The predicted octanol–water partition coefficient (Wildman–Crippen LogP) is 2.38. The second-order valence-electron chi connectivity index (χ2n) is 6.90. The molecule has 1 aromatic heterocycles. The summed E-state index contributed by atoms with van der Waals surface area (Å²) < 4.78 is 1.73. The molecule has 0 radical (unpaired) electrons. The summed E-state index contributed by atoms with van der Waals surface area (Å²) in [6.45, 7) is 3.61. The molecule has 0 atom stereocenters. The molecule has 4 rings (SSSR count). The van der Waals surface area contributed by atoms with Gasteiger partial charge >= 0.3 is 0 Å². The van der Waals surface area contributed by atoms with Crippen LogP contribution in [-0.4, -0.2) is 22.0 Å². The number of carbonyl (C=O) groups is 1. The van der Waals surface area contributed by atoms with Crippen molar-refractivity contribution in [1.29, 1.82) is 0 Å². The lowest BCUT2D eigenvalue weighted by Gasteiger charge is -2.10. The van der Waals surface area contributed by atoms with E-state index in [2.05, 4.69) is 28.6 Å². The number of rotatable bonds is 5. The molecular formula is C21H22N4O2. The first-order valence-electron chi connectivity index (χ1n) is 9.20. The monoisotopic (exact) mass is 362 g/mol. The number of nitrogens with one attached hydrogen (secondary N) is 2. The molecule has 0 bridgehead atoms. The van der Waals surface area contributed by atoms with Crippen LogP contribution < -0.4 is 16.2 Å². The van der Waals surface area contributed by atoms with E-state index in [0.29, 0.717) is 23.1 Å². The second-order valence-corrected chi connectivity index (χ2v) is 6.90. The number of amides is 1. The van der Waals surface area contributed by atoms with E-state index in [1.54, 1.807) is 22.8 Å². The summed E-state index contributed by atoms with van der Waals surface area (Å²) in [4.78, 5) is 29.4. The van der Waals surface area contributed by atoms with Crippen LogP contribution in [0.1, 0.15) is 23.4 Å². The Morgan fingerprint density at radius 3 is 2.93 bits per heavy atom. The van der Waals surface area contributed by atoms with Crippen molar-refractivity contribution in [3.05, 3.63) is 69.8 Å². The highest BCUT2D eigenvalue weighted by Crippen LogP contribution is 2.18. The smallest absolute Gasteiger partial charge is 0.261 e. The van der Waals surface area contributed by atoms with Crippen LogP contribution in [0.5, 0.6) is 0 Å². The Bertz CT molecular complexity index is 1070. The number of benzene rings is 2. The summed E-state index contributed by atoms with van der Waals surface area (Å²) in [5, 5.41) is 6.55. The fourth-order valence-electron chi connectivity index (χ4n) is 3.49. The minimum Gasteiger partial charge on any atom is -0.325 e. The van der Waals surface area contributed by atoms with Gasteiger partial charge in [0.2, 0.25) is 5.91 Å². The molecule has 1 aliphatic rings. The zero-order chi connectivity index (χ0) is 18.8. The number of fused-ring (bicyclic) bond motifs is 2. The van der Waals surface area contributed by atoms with Crippen LogP contribution in [0.25, 0.3) is 10.9 Å². The maximum absolute atomic E-state index is 12.6. The molecule has 3 aromatic rings. The highest BCUT2D eigenvalue weighted by atomic mass is 16.2. The van der Waals surface area contributed by atoms with Gasteiger partial charge in [-0.15, -0.1) is 0 Å². The van der Waals surface area contributed by atoms with Gasteiger partial charge in [-0.1, -0.05) is 24.3 Å². The second kappa shape index (κ2) is 7.32. The third-order valence-electron chi connectivity index (χ3n) is 4.96. The standard InChI is InChI=1S/C21H22N4O2/c1-14-5-2-3-6-15(14)12-22-13-20(26)23-16-8-9-18-17(11-16)21(27)25-10-4-7-19(25)24-18/h2-3,5-6,8-9,11,22H,4,7,10,12-13H2,1H3,(H,23,26). The molecule has 2 N–H and O–H groups in total. The molecule has 1 amide bonds. The first kappa shape index (κ1) is 17.4. The molecular weight excluding hydrogens is 340 g/mol. The predicted molar refractivity (Wildman–Crippen MR) is 106 cm³/mol. The van der Waals surface area contributed by atoms with E-state index in [0.717, 1.165) is 25.2 Å². The van der Waals surface area contributed by atoms with Gasteiger partial charge in [-0.25, -0.2) is 4.98 Å². The molecule has 1 aliphatic heterocycles. The lowest BCUT2D eigenvalue weighted by Crippen LogP contribution is -2.28. The van der Waals surface area contributed by atoms with E-state index in [1.165, 1.54) is 11.1 Å². The van der Waals surface area contributed by atoms with Crippen LogP contribution in [0.2, 0.25) is 0 Å². The van der Waals surface area contributed by atoms with Crippen molar-refractivity contribution in [3.8, 4) is 0 Å². The van der Waals surface area contributed by atoms with Gasteiger partial charge in [0.15, 0.2) is 0 Å². The van der Waals surface area contributed by atoms with Gasteiger partial charge in [0.25, 0.3) is 5.56 Å². The fraction of sp³-hybridized carbons (Fsp3) is 0.286. The molecule has 2 heterocycles. The van der Waals surface area contributed by atoms with Gasteiger partial charge in [-0.05, 0) is 42.7 Å². The minimum atomic E-state index is -0.142. The fourth-order valence-corrected chi connectivity index (χ4v) is 3.49. The number of hydrogen-bond donors (Lipinski definition) is 2. The normalized spacial score (nSPS) is 12.9. The Kier molecular flexibility index (Phi) is 4.73. The Morgan fingerprint density at radius 1 is 1.22 bits per heavy atom. The van der Waals surface area contributed by atoms with Crippen molar-refractivity contribution in [2.75, 3.05) is 11.9 Å². The molecule has 0 aliphatic carbocycles. The molecule has 2 aromatic carbocycles. The van der Waals surface area contributed by atoms with Crippen LogP contribution in [0.3, 0.4) is 0 Å². The van der Waals surface area contributed by atoms with Crippen LogP contribution in [0.4, 0.5) is 5.69 Å². The Balaban J connectivity index is 1.43. The topological polar surface area (TPSA) is 76.0 Å². The zero-order valence-electron chi connectivity index (χ0n) is 15.3. The lowest BCUT2D eigenvalue weighted by molar-refractivity contribution is -0.115. The van der Waals surface area contributed by atoms with Gasteiger partial charge in [-0.3, -0.25) is 14.2 Å². The first-order valence-corrected chi connectivity index (χ1v) is 9.20. The summed E-state index contributed by atoms with van der Waals surface area (Å²) in [6.07, 6.45) is 1.80. The van der Waals surface area contributed by atoms with Gasteiger partial charge in [0.1, 0.15) is 5.82 Å². The summed E-state index contributed by atoms with van der Waals surface area (Å²) in [5.41, 5.74) is 3.64. The summed E-state index contributed by atoms with van der Waals surface area (Å²) in [6, 6.07) is 13.4. The molecule has 0 spiro atoms. The summed E-state index contributed by atoms with van der Waals surface area (Å²) >= 11 is 0. The molecule has 138 valence electrons. The Hall–Kier alpha value is -2.99. The maximum Gasteiger partial charge on any atom is 0.261 e. The average molecular weight is 362 g/mol. The van der Waals surface area contributed by atoms with Gasteiger partial charge in [0, 0.05) is 25.2 Å². The Morgan fingerprint density at radius 2 is 2.07 bits per heavy atom. The van der Waals surface area contributed by atoms with E-state index in [-0.39, 0.29) is 18.0 Å². The number of hydrogen-bond acceptors (Lipinski definition) is 4. The number of nitrogens with zero attached hydrogens (tertiary/aromatic N) is 2. The Labute approximate surface area is 157 Å². The van der Waals surface area contributed by atoms with Gasteiger partial charge in [-0.2, -0.15) is 0 Å². The molecule has 0 saturated carbocycles. The molecule has 0 saturated heterocycles. The van der Waals surface area contributed by atoms with Crippen LogP contribution in [0, 0.1) is 6.92 Å². The third kappa shape index (κ3) is 3.61. The van der Waals surface area contributed by atoms with Crippen molar-refractivity contribution >= 4 is 22.5 Å². The number of carbonyl (C=O) groups excluding carboxylic acids is 1. The quantitative estimate of drug-likeness (QED) is 0.731. The molecule has 6 nitrogen and oxygen atoms in total. The van der Waals surface area contributed by atoms with E-state index in [1.807, 2.05) is 18.2 Å². The zero-order valence-corrected chi connectivity index (χ0v) is 15.3. The third-order valence-corrected chi connectivity index (χ3v) is 4.96. The SMILES string of the molecule is Cc1ccccc1CNCC(=O)Nc1ccc2nc3n(c(=O)c2c1)CCC3. The number of aromatic nitrogens is 2. The minimum absolute atomic E-state index is 0.0266. The van der Waals surface area contributed by atoms with Crippen molar-refractivity contribution < 1.29 is 4.79 Å². The lowest BCUT2D eigenvalue weighted by atomic mass is 10.1. The number of anilines is 1. The van der Waals surface area contributed by atoms with Crippen molar-refractivity contribution in [3.63, 3.8) is 0 Å². The van der Waals surface area contributed by atoms with Crippen LogP contribution in [-0.2, 0) is 24.3 Å². The largest absolute Gasteiger partial charge is 0.325 e.